The molecule has 0 fully saturated rings. The van der Waals surface area contributed by atoms with Gasteiger partial charge in [-0.1, -0.05) is 0 Å². The first kappa shape index (κ1) is 9.84. The van der Waals surface area contributed by atoms with E-state index in [-0.39, 0.29) is 12.2 Å². The van der Waals surface area contributed by atoms with Crippen molar-refractivity contribution in [3.05, 3.63) is 29.3 Å². The van der Waals surface area contributed by atoms with Gasteiger partial charge in [0.25, 0.3) is 0 Å². The molecule has 1 heterocycles. The van der Waals surface area contributed by atoms with Crippen LogP contribution in [0.5, 0.6) is 5.75 Å². The molecule has 1 atom stereocenters. The summed E-state index contributed by atoms with van der Waals surface area (Å²) in [6.45, 7) is 0. The average molecular weight is 213 g/mol. The van der Waals surface area contributed by atoms with Gasteiger partial charge < -0.3 is 4.74 Å². The van der Waals surface area contributed by atoms with Crippen molar-refractivity contribution < 1.29 is 17.9 Å². The van der Waals surface area contributed by atoms with Crippen molar-refractivity contribution in [3.8, 4) is 11.8 Å². The van der Waals surface area contributed by atoms with E-state index in [1.54, 1.807) is 0 Å². The number of alkyl halides is 3. The molecule has 0 N–H and O–H groups in total. The Kier molecular flexibility index (Phi) is 2.07. The predicted octanol–water partition coefficient (Wildman–Crippen LogP) is 2.42. The zero-order valence-corrected chi connectivity index (χ0v) is 7.51. The highest BCUT2D eigenvalue weighted by molar-refractivity contribution is 5.44. The third kappa shape index (κ3) is 1.75. The summed E-state index contributed by atoms with van der Waals surface area (Å²) in [4.78, 5) is 0. The second-order valence-corrected chi connectivity index (χ2v) is 3.29. The standard InChI is InChI=1S/C10H6F3NO/c11-10(12,13)9-4-7-3-6(5-14)1-2-8(7)15-9/h1-3,9H,4H2. The Hall–Kier alpha value is -1.70. The van der Waals surface area contributed by atoms with Crippen molar-refractivity contribution >= 4 is 0 Å². The summed E-state index contributed by atoms with van der Waals surface area (Å²) in [5.41, 5.74) is 0.788. The van der Waals surface area contributed by atoms with Crippen LogP contribution in [0.15, 0.2) is 18.2 Å². The molecule has 5 heteroatoms. The summed E-state index contributed by atoms with van der Waals surface area (Å²) in [5, 5.41) is 8.58. The van der Waals surface area contributed by atoms with Gasteiger partial charge in [0.1, 0.15) is 5.75 Å². The second kappa shape index (κ2) is 3.16. The Balaban J connectivity index is 2.29. The van der Waals surface area contributed by atoms with Gasteiger partial charge in [0.15, 0.2) is 6.10 Å². The largest absolute Gasteiger partial charge is 0.480 e. The topological polar surface area (TPSA) is 33.0 Å². The van der Waals surface area contributed by atoms with E-state index in [4.69, 9.17) is 10.00 Å². The number of hydrogen-bond donors (Lipinski definition) is 0. The zero-order chi connectivity index (χ0) is 11.1. The molecule has 2 rings (SSSR count). The predicted molar refractivity (Wildman–Crippen MR) is 45.3 cm³/mol. The molecule has 1 aromatic carbocycles. The normalized spacial score (nSPS) is 19.2. The monoisotopic (exact) mass is 213 g/mol. The zero-order valence-electron chi connectivity index (χ0n) is 7.51. The van der Waals surface area contributed by atoms with E-state index in [2.05, 4.69) is 0 Å². The third-order valence-corrected chi connectivity index (χ3v) is 2.23. The van der Waals surface area contributed by atoms with Gasteiger partial charge in [0.2, 0.25) is 0 Å². The molecule has 0 radical (unpaired) electrons. The van der Waals surface area contributed by atoms with Gasteiger partial charge in [-0.25, -0.2) is 0 Å². The molecule has 0 aliphatic carbocycles. The van der Waals surface area contributed by atoms with E-state index in [0.29, 0.717) is 11.1 Å². The maximum atomic E-state index is 12.3. The Morgan fingerprint density at radius 2 is 2.13 bits per heavy atom. The smallest absolute Gasteiger partial charge is 0.425 e. The first-order valence-electron chi connectivity index (χ1n) is 4.27. The van der Waals surface area contributed by atoms with Crippen LogP contribution in [0.4, 0.5) is 13.2 Å². The van der Waals surface area contributed by atoms with E-state index in [1.807, 2.05) is 6.07 Å². The number of rotatable bonds is 0. The Morgan fingerprint density at radius 3 is 2.73 bits per heavy atom. The van der Waals surface area contributed by atoms with Crippen LogP contribution in [-0.2, 0) is 6.42 Å². The molecule has 2 nitrogen and oxygen atoms in total. The molecular formula is C10H6F3NO. The molecule has 0 aromatic heterocycles. The summed E-state index contributed by atoms with van der Waals surface area (Å²) in [7, 11) is 0. The van der Waals surface area contributed by atoms with Crippen molar-refractivity contribution in [3.63, 3.8) is 0 Å². The Morgan fingerprint density at radius 1 is 1.40 bits per heavy atom. The highest BCUT2D eigenvalue weighted by Gasteiger charge is 2.45. The van der Waals surface area contributed by atoms with Gasteiger partial charge in [0, 0.05) is 6.42 Å². The van der Waals surface area contributed by atoms with Crippen LogP contribution in [0.3, 0.4) is 0 Å². The lowest BCUT2D eigenvalue weighted by atomic mass is 10.1. The molecule has 0 bridgehead atoms. The van der Waals surface area contributed by atoms with Crippen LogP contribution in [0.2, 0.25) is 0 Å². The second-order valence-electron chi connectivity index (χ2n) is 3.29. The van der Waals surface area contributed by atoms with E-state index >= 15 is 0 Å². The molecule has 1 aliphatic rings. The van der Waals surface area contributed by atoms with Gasteiger partial charge in [-0.15, -0.1) is 0 Å². The number of benzene rings is 1. The minimum absolute atomic E-state index is 0.214. The molecule has 0 spiro atoms. The highest BCUT2D eigenvalue weighted by atomic mass is 19.4. The van der Waals surface area contributed by atoms with Crippen molar-refractivity contribution in [2.45, 2.75) is 18.7 Å². The summed E-state index contributed by atoms with van der Waals surface area (Å²) in [6, 6.07) is 6.15. The van der Waals surface area contributed by atoms with Crippen molar-refractivity contribution in [2.24, 2.45) is 0 Å². The van der Waals surface area contributed by atoms with Crippen molar-refractivity contribution in [1.82, 2.24) is 0 Å². The van der Waals surface area contributed by atoms with E-state index in [0.717, 1.165) is 0 Å². The van der Waals surface area contributed by atoms with Gasteiger partial charge in [-0.2, -0.15) is 18.4 Å². The Bertz CT molecular complexity index is 433. The molecule has 78 valence electrons. The summed E-state index contributed by atoms with van der Waals surface area (Å²) in [5.74, 6) is 0.219. The molecular weight excluding hydrogens is 207 g/mol. The number of nitrogens with zero attached hydrogens (tertiary/aromatic N) is 1. The van der Waals surface area contributed by atoms with Crippen molar-refractivity contribution in [1.29, 1.82) is 5.26 Å². The van der Waals surface area contributed by atoms with E-state index in [9.17, 15) is 13.2 Å². The first-order chi connectivity index (χ1) is 7.00. The van der Waals surface area contributed by atoms with Gasteiger partial charge >= 0.3 is 6.18 Å². The lowest BCUT2D eigenvalue weighted by molar-refractivity contribution is -0.189. The maximum Gasteiger partial charge on any atom is 0.425 e. The summed E-state index contributed by atoms with van der Waals surface area (Å²) < 4.78 is 41.7. The van der Waals surface area contributed by atoms with E-state index < -0.39 is 12.3 Å². The average Bonchev–Trinajstić information content (AvgIpc) is 2.59. The van der Waals surface area contributed by atoms with Gasteiger partial charge in [0.05, 0.1) is 11.6 Å². The SMILES string of the molecule is N#Cc1ccc2c(c1)CC(C(F)(F)F)O2. The van der Waals surface area contributed by atoms with Crippen LogP contribution < -0.4 is 4.74 Å². The van der Waals surface area contributed by atoms with Crippen LogP contribution in [0, 0.1) is 11.3 Å². The quantitative estimate of drug-likeness (QED) is 0.663. The molecule has 1 unspecified atom stereocenters. The van der Waals surface area contributed by atoms with Crippen LogP contribution in [0.1, 0.15) is 11.1 Å². The molecule has 1 aliphatic heterocycles. The fourth-order valence-corrected chi connectivity index (χ4v) is 1.50. The van der Waals surface area contributed by atoms with Gasteiger partial charge in [-0.3, -0.25) is 0 Å². The molecule has 0 amide bonds. The van der Waals surface area contributed by atoms with E-state index in [1.165, 1.54) is 18.2 Å². The molecule has 1 aromatic rings. The van der Waals surface area contributed by atoms with Crippen LogP contribution >= 0.6 is 0 Å². The van der Waals surface area contributed by atoms with Crippen molar-refractivity contribution in [2.75, 3.05) is 0 Å². The molecule has 15 heavy (non-hydrogen) atoms. The van der Waals surface area contributed by atoms with Crippen LogP contribution in [0.25, 0.3) is 0 Å². The van der Waals surface area contributed by atoms with Gasteiger partial charge in [-0.05, 0) is 23.8 Å². The lowest BCUT2D eigenvalue weighted by Crippen LogP contribution is -2.32. The number of halogens is 3. The van der Waals surface area contributed by atoms with Crippen LogP contribution in [-0.4, -0.2) is 12.3 Å². The Labute approximate surface area is 83.9 Å². The summed E-state index contributed by atoms with van der Waals surface area (Å²) >= 11 is 0. The fraction of sp³-hybridized carbons (Fsp3) is 0.300. The number of hydrogen-bond acceptors (Lipinski definition) is 2. The number of ether oxygens (including phenoxy) is 1. The minimum Gasteiger partial charge on any atom is -0.480 e. The molecule has 0 saturated heterocycles. The first-order valence-corrected chi connectivity index (χ1v) is 4.27. The number of fused-ring (bicyclic) bond motifs is 1. The minimum atomic E-state index is -4.36. The number of nitriles is 1. The highest BCUT2D eigenvalue weighted by Crippen LogP contribution is 2.36. The fourth-order valence-electron chi connectivity index (χ4n) is 1.50. The summed E-state index contributed by atoms with van der Waals surface area (Å²) in [6.07, 6.45) is -6.35. The maximum absolute atomic E-state index is 12.3. The molecule has 0 saturated carbocycles. The third-order valence-electron chi connectivity index (χ3n) is 2.23. The lowest BCUT2D eigenvalue weighted by Gasteiger charge is -2.13.